The van der Waals surface area contributed by atoms with Gasteiger partial charge in [-0.2, -0.15) is 0 Å². The highest BCUT2D eigenvalue weighted by Crippen LogP contribution is 2.23. The molecule has 5 nitrogen and oxygen atoms in total. The minimum absolute atomic E-state index is 0.314. The molecule has 0 fully saturated rings. The molecule has 140 valence electrons. The highest BCUT2D eigenvalue weighted by Gasteiger charge is 2.23. The first-order chi connectivity index (χ1) is 12.9. The van der Waals surface area contributed by atoms with Crippen molar-refractivity contribution < 1.29 is 23.1 Å². The van der Waals surface area contributed by atoms with Crippen molar-refractivity contribution in [2.75, 3.05) is 5.32 Å². The third-order valence-corrected chi connectivity index (χ3v) is 4.19. The van der Waals surface area contributed by atoms with Crippen molar-refractivity contribution in [1.29, 1.82) is 0 Å². The maximum atomic E-state index is 13.6. The lowest BCUT2D eigenvalue weighted by Crippen LogP contribution is -2.30. The van der Waals surface area contributed by atoms with Gasteiger partial charge in [-0.15, -0.1) is 0 Å². The molecule has 0 spiro atoms. The summed E-state index contributed by atoms with van der Waals surface area (Å²) in [5, 5.41) is 2.94. The van der Waals surface area contributed by atoms with Gasteiger partial charge in [-0.05, 0) is 32.0 Å². The minimum Gasteiger partial charge on any atom is -0.449 e. The number of aryl methyl sites for hydroxylation is 1. The number of carbonyl (C=O) groups is 2. The van der Waals surface area contributed by atoms with Gasteiger partial charge in [0.2, 0.25) is 0 Å². The second-order valence-corrected chi connectivity index (χ2v) is 6.01. The number of nitrogens with zero attached hydrogens (tertiary/aromatic N) is 1. The number of anilines is 1. The maximum absolute atomic E-state index is 13.6. The maximum Gasteiger partial charge on any atom is 0.341 e. The van der Waals surface area contributed by atoms with Gasteiger partial charge in [0, 0.05) is 29.7 Å². The van der Waals surface area contributed by atoms with Gasteiger partial charge in [0.1, 0.15) is 11.6 Å². The molecule has 0 bridgehead atoms. The van der Waals surface area contributed by atoms with Crippen LogP contribution < -0.4 is 5.32 Å². The van der Waals surface area contributed by atoms with Gasteiger partial charge in [-0.3, -0.25) is 4.79 Å². The van der Waals surface area contributed by atoms with Gasteiger partial charge >= 0.3 is 5.97 Å². The molecule has 0 saturated carbocycles. The van der Waals surface area contributed by atoms with E-state index in [0.717, 1.165) is 23.7 Å². The molecule has 0 aliphatic heterocycles. The van der Waals surface area contributed by atoms with Crippen molar-refractivity contribution in [3.05, 3.63) is 65.9 Å². The number of ether oxygens (including phenoxy) is 1. The van der Waals surface area contributed by atoms with Crippen LogP contribution in [0.2, 0.25) is 0 Å². The number of fused-ring (bicyclic) bond motifs is 1. The topological polar surface area (TPSA) is 60.3 Å². The smallest absolute Gasteiger partial charge is 0.341 e. The number of halogens is 2. The van der Waals surface area contributed by atoms with E-state index in [-0.39, 0.29) is 5.69 Å². The predicted octanol–water partition coefficient (Wildman–Crippen LogP) is 4.12. The van der Waals surface area contributed by atoms with Crippen molar-refractivity contribution in [2.45, 2.75) is 26.5 Å². The number of amides is 1. The zero-order chi connectivity index (χ0) is 19.6. The Kier molecular flexibility index (Phi) is 5.21. The lowest BCUT2D eigenvalue weighted by molar-refractivity contribution is -0.123. The molecule has 1 unspecified atom stereocenters. The number of hydrogen-bond acceptors (Lipinski definition) is 3. The molecule has 1 heterocycles. The Balaban J connectivity index is 1.76. The minimum atomic E-state index is -1.19. The van der Waals surface area contributed by atoms with Crippen molar-refractivity contribution >= 4 is 28.5 Å². The molecule has 27 heavy (non-hydrogen) atoms. The highest BCUT2D eigenvalue weighted by molar-refractivity contribution is 6.05. The van der Waals surface area contributed by atoms with Gasteiger partial charge in [0.05, 0.1) is 11.3 Å². The molecule has 0 saturated heterocycles. The molecule has 3 rings (SSSR count). The fraction of sp³-hybridized carbons (Fsp3) is 0.200. The number of carbonyl (C=O) groups excluding carboxylic acids is 2. The monoisotopic (exact) mass is 372 g/mol. The molecule has 0 aliphatic carbocycles. The lowest BCUT2D eigenvalue weighted by Gasteiger charge is -2.13. The Morgan fingerprint density at radius 3 is 2.67 bits per heavy atom. The zero-order valence-electron chi connectivity index (χ0n) is 14.8. The first-order valence-corrected chi connectivity index (χ1v) is 8.45. The summed E-state index contributed by atoms with van der Waals surface area (Å²) in [4.78, 5) is 24.7. The van der Waals surface area contributed by atoms with Gasteiger partial charge in [-0.1, -0.05) is 18.2 Å². The SMILES string of the molecule is CCn1cc(C(=O)OC(C)C(=O)Nc2cc(F)ccc2F)c2ccccc21. The van der Waals surface area contributed by atoms with Crippen LogP contribution in [0.5, 0.6) is 0 Å². The molecule has 3 aromatic rings. The number of nitrogens with one attached hydrogen (secondary N) is 1. The summed E-state index contributed by atoms with van der Waals surface area (Å²) in [7, 11) is 0. The van der Waals surface area contributed by atoms with Crippen LogP contribution in [0.3, 0.4) is 0 Å². The fourth-order valence-corrected chi connectivity index (χ4v) is 2.78. The molecule has 1 N–H and O–H groups in total. The summed E-state index contributed by atoms with van der Waals surface area (Å²) in [6.07, 6.45) is 0.480. The van der Waals surface area contributed by atoms with E-state index in [9.17, 15) is 18.4 Å². The Morgan fingerprint density at radius 2 is 1.93 bits per heavy atom. The molecule has 1 atom stereocenters. The summed E-state index contributed by atoms with van der Waals surface area (Å²) < 4.78 is 34.0. The van der Waals surface area contributed by atoms with E-state index >= 15 is 0 Å². The van der Waals surface area contributed by atoms with E-state index in [1.54, 1.807) is 12.3 Å². The highest BCUT2D eigenvalue weighted by atomic mass is 19.1. The quantitative estimate of drug-likeness (QED) is 0.686. The van der Waals surface area contributed by atoms with Crippen molar-refractivity contribution in [3.8, 4) is 0 Å². The Bertz CT molecular complexity index is 1010. The average Bonchev–Trinajstić information content (AvgIpc) is 3.03. The van der Waals surface area contributed by atoms with Gasteiger partial charge in [0.15, 0.2) is 6.10 Å². The molecule has 7 heteroatoms. The summed E-state index contributed by atoms with van der Waals surface area (Å²) in [6.45, 7) is 3.98. The van der Waals surface area contributed by atoms with Crippen LogP contribution in [0, 0.1) is 11.6 Å². The lowest BCUT2D eigenvalue weighted by atomic mass is 10.2. The Labute approximate surface area is 154 Å². The molecule has 2 aromatic carbocycles. The fourth-order valence-electron chi connectivity index (χ4n) is 2.78. The van der Waals surface area contributed by atoms with Crippen LogP contribution >= 0.6 is 0 Å². The summed E-state index contributed by atoms with van der Waals surface area (Å²) in [5.41, 5.74) is 0.903. The number of aromatic nitrogens is 1. The predicted molar refractivity (Wildman–Crippen MR) is 97.5 cm³/mol. The van der Waals surface area contributed by atoms with Crippen LogP contribution in [0.4, 0.5) is 14.5 Å². The van der Waals surface area contributed by atoms with E-state index in [0.29, 0.717) is 17.5 Å². The number of benzene rings is 2. The van der Waals surface area contributed by atoms with Gasteiger partial charge < -0.3 is 14.6 Å². The van der Waals surface area contributed by atoms with Gasteiger partial charge in [-0.25, -0.2) is 13.6 Å². The average molecular weight is 372 g/mol. The molecule has 1 aromatic heterocycles. The number of hydrogen-bond donors (Lipinski definition) is 1. The van der Waals surface area contributed by atoms with Crippen LogP contribution in [0.25, 0.3) is 10.9 Å². The van der Waals surface area contributed by atoms with Crippen molar-refractivity contribution in [2.24, 2.45) is 0 Å². The molecular formula is C20H18F2N2O3. The normalized spacial score (nSPS) is 12.0. The first kappa shape index (κ1) is 18.6. The van der Waals surface area contributed by atoms with Crippen LogP contribution in [-0.4, -0.2) is 22.5 Å². The van der Waals surface area contributed by atoms with Crippen LogP contribution in [0.15, 0.2) is 48.7 Å². The number of esters is 1. The standard InChI is InChI=1S/C20H18F2N2O3/c1-3-24-11-15(14-6-4-5-7-18(14)24)20(26)27-12(2)19(25)23-17-10-13(21)8-9-16(17)22/h4-12H,3H2,1-2H3,(H,23,25). The van der Waals surface area contributed by atoms with Crippen molar-refractivity contribution in [3.63, 3.8) is 0 Å². The third-order valence-electron chi connectivity index (χ3n) is 4.19. The van der Waals surface area contributed by atoms with E-state index in [4.69, 9.17) is 4.74 Å². The molecule has 0 aliphatic rings. The van der Waals surface area contributed by atoms with E-state index < -0.39 is 29.6 Å². The first-order valence-electron chi connectivity index (χ1n) is 8.45. The third kappa shape index (κ3) is 3.81. The van der Waals surface area contributed by atoms with Gasteiger partial charge in [0.25, 0.3) is 5.91 Å². The van der Waals surface area contributed by atoms with Crippen LogP contribution in [-0.2, 0) is 16.1 Å². The van der Waals surface area contributed by atoms with Crippen LogP contribution in [0.1, 0.15) is 24.2 Å². The molecule has 1 amide bonds. The zero-order valence-corrected chi connectivity index (χ0v) is 14.8. The van der Waals surface area contributed by atoms with E-state index in [2.05, 4.69) is 5.32 Å². The number of para-hydroxylation sites is 1. The summed E-state index contributed by atoms with van der Waals surface area (Å²) in [5.74, 6) is -2.90. The van der Waals surface area contributed by atoms with E-state index in [1.165, 1.54) is 6.92 Å². The molecular weight excluding hydrogens is 354 g/mol. The second kappa shape index (κ2) is 7.57. The molecule has 0 radical (unpaired) electrons. The summed E-state index contributed by atoms with van der Waals surface area (Å²) >= 11 is 0. The second-order valence-electron chi connectivity index (χ2n) is 6.01. The van der Waals surface area contributed by atoms with Crippen molar-refractivity contribution in [1.82, 2.24) is 4.57 Å². The van der Waals surface area contributed by atoms with E-state index in [1.807, 2.05) is 29.7 Å². The summed E-state index contributed by atoms with van der Waals surface area (Å²) in [6, 6.07) is 10.1. The Morgan fingerprint density at radius 1 is 1.19 bits per heavy atom. The largest absolute Gasteiger partial charge is 0.449 e. The Hall–Kier alpha value is -3.22. The number of rotatable bonds is 5.